The summed E-state index contributed by atoms with van der Waals surface area (Å²) >= 11 is 0. The van der Waals surface area contributed by atoms with Crippen molar-refractivity contribution in [2.45, 2.75) is 6.61 Å². The Bertz CT molecular complexity index is 956. The van der Waals surface area contributed by atoms with E-state index < -0.39 is 0 Å². The van der Waals surface area contributed by atoms with E-state index in [2.05, 4.69) is 0 Å². The molecular formula is C19H12O5. The highest BCUT2D eigenvalue weighted by molar-refractivity contribution is 6.13. The molecule has 0 N–H and O–H groups in total. The summed E-state index contributed by atoms with van der Waals surface area (Å²) in [4.78, 5) is 13.0. The zero-order valence-corrected chi connectivity index (χ0v) is 12.6. The summed E-state index contributed by atoms with van der Waals surface area (Å²) < 4.78 is 21.7. The average Bonchev–Trinajstić information content (AvgIpc) is 3.27. The second-order valence-electron chi connectivity index (χ2n) is 5.70. The number of carbonyl (C=O) groups excluding carboxylic acids is 1. The minimum atomic E-state index is -0.0823. The molecule has 0 fully saturated rings. The van der Waals surface area contributed by atoms with Crippen LogP contribution in [0.25, 0.3) is 11.1 Å². The molecule has 0 aliphatic carbocycles. The standard InChI is InChI=1S/C19H12O5/c20-19-14-5-11(12-3-4-21-8-12)1-2-13(14)9-22-16-7-18-17(6-15(16)19)23-10-24-18/h1-8H,9-10H2. The van der Waals surface area contributed by atoms with Crippen molar-refractivity contribution in [2.24, 2.45) is 0 Å². The number of rotatable bonds is 1. The maximum absolute atomic E-state index is 13.0. The summed E-state index contributed by atoms with van der Waals surface area (Å²) in [6.07, 6.45) is 3.27. The van der Waals surface area contributed by atoms with Gasteiger partial charge in [0, 0.05) is 22.8 Å². The average molecular weight is 320 g/mol. The first-order valence-corrected chi connectivity index (χ1v) is 7.56. The molecule has 2 aliphatic heterocycles. The molecule has 118 valence electrons. The van der Waals surface area contributed by atoms with Gasteiger partial charge in [0.25, 0.3) is 0 Å². The van der Waals surface area contributed by atoms with Gasteiger partial charge >= 0.3 is 0 Å². The van der Waals surface area contributed by atoms with E-state index >= 15 is 0 Å². The van der Waals surface area contributed by atoms with Gasteiger partial charge in [0.2, 0.25) is 6.79 Å². The second-order valence-corrected chi connectivity index (χ2v) is 5.70. The normalized spacial score (nSPS) is 14.6. The van der Waals surface area contributed by atoms with Gasteiger partial charge in [-0.15, -0.1) is 0 Å². The van der Waals surface area contributed by atoms with Crippen LogP contribution in [0.2, 0.25) is 0 Å². The van der Waals surface area contributed by atoms with E-state index in [1.807, 2.05) is 24.3 Å². The zero-order chi connectivity index (χ0) is 16.1. The molecule has 0 saturated carbocycles. The van der Waals surface area contributed by atoms with Crippen molar-refractivity contribution < 1.29 is 23.4 Å². The van der Waals surface area contributed by atoms with Crippen molar-refractivity contribution in [3.63, 3.8) is 0 Å². The van der Waals surface area contributed by atoms with Crippen molar-refractivity contribution in [1.29, 1.82) is 0 Å². The first-order valence-electron chi connectivity index (χ1n) is 7.56. The van der Waals surface area contributed by atoms with Crippen LogP contribution in [-0.2, 0) is 6.61 Å². The monoisotopic (exact) mass is 320 g/mol. The second kappa shape index (κ2) is 4.89. The van der Waals surface area contributed by atoms with Crippen LogP contribution in [0.1, 0.15) is 21.5 Å². The van der Waals surface area contributed by atoms with E-state index in [1.165, 1.54) is 0 Å². The Morgan fingerprint density at radius 1 is 0.792 bits per heavy atom. The molecule has 3 heterocycles. The fraction of sp³-hybridized carbons (Fsp3) is 0.105. The lowest BCUT2D eigenvalue weighted by atomic mass is 9.95. The molecule has 0 spiro atoms. The molecule has 5 rings (SSSR count). The lowest BCUT2D eigenvalue weighted by Crippen LogP contribution is -2.03. The van der Waals surface area contributed by atoms with E-state index in [0.29, 0.717) is 35.0 Å². The van der Waals surface area contributed by atoms with Crippen LogP contribution in [0.15, 0.2) is 53.3 Å². The number of hydrogen-bond acceptors (Lipinski definition) is 5. The molecule has 0 unspecified atom stereocenters. The summed E-state index contributed by atoms with van der Waals surface area (Å²) in [5.74, 6) is 1.61. The summed E-state index contributed by atoms with van der Waals surface area (Å²) in [7, 11) is 0. The highest BCUT2D eigenvalue weighted by Gasteiger charge is 2.27. The van der Waals surface area contributed by atoms with Gasteiger partial charge in [-0.2, -0.15) is 0 Å². The Balaban J connectivity index is 1.65. The molecule has 0 amide bonds. The molecule has 3 aromatic rings. The topological polar surface area (TPSA) is 57.9 Å². The highest BCUT2D eigenvalue weighted by atomic mass is 16.7. The van der Waals surface area contributed by atoms with Crippen LogP contribution in [-0.4, -0.2) is 12.6 Å². The van der Waals surface area contributed by atoms with Gasteiger partial charge in [0.1, 0.15) is 12.4 Å². The minimum Gasteiger partial charge on any atom is -0.488 e. The van der Waals surface area contributed by atoms with Crippen LogP contribution >= 0.6 is 0 Å². The third-order valence-electron chi connectivity index (χ3n) is 4.31. The largest absolute Gasteiger partial charge is 0.488 e. The number of ketones is 1. The smallest absolute Gasteiger partial charge is 0.231 e. The van der Waals surface area contributed by atoms with E-state index in [9.17, 15) is 4.79 Å². The minimum absolute atomic E-state index is 0.0823. The fourth-order valence-electron chi connectivity index (χ4n) is 3.04. The Morgan fingerprint density at radius 2 is 1.67 bits per heavy atom. The van der Waals surface area contributed by atoms with Crippen molar-refractivity contribution in [3.8, 4) is 28.4 Å². The van der Waals surface area contributed by atoms with Crippen molar-refractivity contribution in [3.05, 3.63) is 65.6 Å². The van der Waals surface area contributed by atoms with Gasteiger partial charge < -0.3 is 18.6 Å². The lowest BCUT2D eigenvalue weighted by Gasteiger charge is -2.07. The first-order chi connectivity index (χ1) is 11.8. The maximum atomic E-state index is 13.0. The van der Waals surface area contributed by atoms with Gasteiger partial charge in [-0.05, 0) is 23.8 Å². The molecule has 2 aliphatic rings. The van der Waals surface area contributed by atoms with E-state index in [1.54, 1.807) is 24.7 Å². The van der Waals surface area contributed by atoms with Crippen LogP contribution in [0.5, 0.6) is 17.2 Å². The predicted octanol–water partition coefficient (Wildman–Crippen LogP) is 3.80. The number of hydrogen-bond donors (Lipinski definition) is 0. The Labute approximate surface area is 137 Å². The van der Waals surface area contributed by atoms with Crippen LogP contribution in [0.3, 0.4) is 0 Å². The van der Waals surface area contributed by atoms with E-state index in [4.69, 9.17) is 18.6 Å². The van der Waals surface area contributed by atoms with Gasteiger partial charge in [0.15, 0.2) is 17.3 Å². The van der Waals surface area contributed by atoms with Crippen molar-refractivity contribution >= 4 is 5.78 Å². The van der Waals surface area contributed by atoms with Gasteiger partial charge in [-0.3, -0.25) is 4.79 Å². The van der Waals surface area contributed by atoms with Crippen LogP contribution < -0.4 is 14.2 Å². The number of benzene rings is 2. The number of fused-ring (bicyclic) bond motifs is 3. The highest BCUT2D eigenvalue weighted by Crippen LogP contribution is 2.41. The molecule has 0 atom stereocenters. The van der Waals surface area contributed by atoms with Crippen LogP contribution in [0, 0.1) is 0 Å². The summed E-state index contributed by atoms with van der Waals surface area (Å²) in [5, 5.41) is 0. The lowest BCUT2D eigenvalue weighted by molar-refractivity contribution is 0.103. The summed E-state index contributed by atoms with van der Waals surface area (Å²) in [5.41, 5.74) is 3.83. The third-order valence-corrected chi connectivity index (χ3v) is 4.31. The predicted molar refractivity (Wildman–Crippen MR) is 84.5 cm³/mol. The molecule has 5 heteroatoms. The first kappa shape index (κ1) is 13.2. The van der Waals surface area contributed by atoms with E-state index in [0.717, 1.165) is 16.7 Å². The quantitative estimate of drug-likeness (QED) is 0.682. The van der Waals surface area contributed by atoms with Gasteiger partial charge in [0.05, 0.1) is 18.1 Å². The molecule has 2 aromatic carbocycles. The van der Waals surface area contributed by atoms with Crippen LogP contribution in [0.4, 0.5) is 0 Å². The molecule has 0 bridgehead atoms. The number of ether oxygens (including phenoxy) is 3. The SMILES string of the molecule is O=C1c2cc(-c3ccoc3)ccc2COc2cc3c(cc21)OCO3. The third kappa shape index (κ3) is 1.91. The Hall–Kier alpha value is -3.21. The Kier molecular flexibility index (Phi) is 2.70. The molecule has 24 heavy (non-hydrogen) atoms. The molecule has 1 aromatic heterocycles. The number of furan rings is 1. The summed E-state index contributed by atoms with van der Waals surface area (Å²) in [6, 6.07) is 11.0. The maximum Gasteiger partial charge on any atom is 0.231 e. The molecule has 0 radical (unpaired) electrons. The Morgan fingerprint density at radius 3 is 2.50 bits per heavy atom. The summed E-state index contributed by atoms with van der Waals surface area (Å²) in [6.45, 7) is 0.493. The molecular weight excluding hydrogens is 308 g/mol. The number of carbonyl (C=O) groups is 1. The van der Waals surface area contributed by atoms with Gasteiger partial charge in [-0.1, -0.05) is 12.1 Å². The zero-order valence-electron chi connectivity index (χ0n) is 12.6. The van der Waals surface area contributed by atoms with Crippen molar-refractivity contribution in [2.75, 3.05) is 6.79 Å². The molecule has 5 nitrogen and oxygen atoms in total. The van der Waals surface area contributed by atoms with Crippen molar-refractivity contribution in [1.82, 2.24) is 0 Å². The molecule has 0 saturated heterocycles. The fourth-order valence-corrected chi connectivity index (χ4v) is 3.04. The van der Waals surface area contributed by atoms with Gasteiger partial charge in [-0.25, -0.2) is 0 Å². The van der Waals surface area contributed by atoms with E-state index in [-0.39, 0.29) is 12.6 Å².